The first-order valence-electron chi connectivity index (χ1n) is 13.8. The summed E-state index contributed by atoms with van der Waals surface area (Å²) >= 11 is 0. The van der Waals surface area contributed by atoms with Crippen LogP contribution in [0.3, 0.4) is 0 Å². The summed E-state index contributed by atoms with van der Waals surface area (Å²) in [6.45, 7) is 10.9. The van der Waals surface area contributed by atoms with Crippen LogP contribution in [0.5, 0.6) is 0 Å². The van der Waals surface area contributed by atoms with Gasteiger partial charge in [0.15, 0.2) is 6.10 Å². The molecule has 0 saturated heterocycles. The number of hydrogen-bond acceptors (Lipinski definition) is 9. The zero-order valence-corrected chi connectivity index (χ0v) is 25.1. The van der Waals surface area contributed by atoms with Crippen molar-refractivity contribution in [1.82, 2.24) is 10.6 Å². The largest absolute Gasteiger partial charge is 0.439 e. The number of hydrogen-bond donors (Lipinski definition) is 4. The van der Waals surface area contributed by atoms with Gasteiger partial charge >= 0.3 is 6.09 Å². The molecule has 1 aliphatic carbocycles. The van der Waals surface area contributed by atoms with E-state index in [2.05, 4.69) is 17.2 Å². The lowest BCUT2D eigenvalue weighted by Crippen LogP contribution is -2.37. The molecule has 11 nitrogen and oxygen atoms in total. The number of amides is 2. The average molecular weight is 586 g/mol. The fourth-order valence-corrected chi connectivity index (χ4v) is 4.95. The SMILES string of the molecule is C=CCNC1=C2C[C@@H](C)C[C@@H](OC)[C@@H](O)[C@H](C)/C=C(\C)[C@H](OC(N)=O)[C@H](OC)/C=C/C=C(/C)C(=O)NC(=CC1=O)C2=O. The Morgan fingerprint density at radius 3 is 2.50 bits per heavy atom. The number of nitrogens with one attached hydrogen (secondary N) is 2. The van der Waals surface area contributed by atoms with Crippen LogP contribution < -0.4 is 16.4 Å². The molecule has 1 aliphatic heterocycles. The molecule has 0 saturated carbocycles. The Kier molecular flexibility index (Phi) is 13.1. The number of aliphatic hydroxyl groups is 1. The molecule has 0 aromatic heterocycles. The van der Waals surface area contributed by atoms with Gasteiger partial charge in [-0.2, -0.15) is 0 Å². The summed E-state index contributed by atoms with van der Waals surface area (Å²) in [5, 5.41) is 16.7. The number of fused-ring (bicyclic) bond motifs is 2. The number of ether oxygens (including phenoxy) is 3. The molecule has 2 bridgehead atoms. The van der Waals surface area contributed by atoms with Crippen molar-refractivity contribution in [2.45, 2.75) is 65.0 Å². The normalized spacial score (nSPS) is 31.6. The molecule has 0 spiro atoms. The zero-order valence-electron chi connectivity index (χ0n) is 25.1. The monoisotopic (exact) mass is 585 g/mol. The third-order valence-electron chi connectivity index (χ3n) is 7.22. The highest BCUT2D eigenvalue weighted by Gasteiger charge is 2.33. The third kappa shape index (κ3) is 9.10. The van der Waals surface area contributed by atoms with Crippen LogP contribution in [0.15, 0.2) is 71.1 Å². The molecule has 0 aromatic carbocycles. The Morgan fingerprint density at radius 1 is 1.21 bits per heavy atom. The highest BCUT2D eigenvalue weighted by molar-refractivity contribution is 6.23. The van der Waals surface area contributed by atoms with Crippen LogP contribution in [-0.2, 0) is 28.6 Å². The number of carbonyl (C=O) groups is 4. The topological polar surface area (TPSA) is 166 Å². The molecule has 0 fully saturated rings. The van der Waals surface area contributed by atoms with Crippen LogP contribution in [0.4, 0.5) is 4.79 Å². The Balaban J connectivity index is 2.62. The second-order valence-corrected chi connectivity index (χ2v) is 10.6. The first kappa shape index (κ1) is 34.4. The van der Waals surface area contributed by atoms with Gasteiger partial charge in [-0.05, 0) is 38.2 Å². The minimum atomic E-state index is -1.00. The number of primary amides is 1. The Hall–Kier alpha value is -3.80. The molecule has 1 heterocycles. The fourth-order valence-electron chi connectivity index (χ4n) is 4.95. The summed E-state index contributed by atoms with van der Waals surface area (Å²) < 4.78 is 16.6. The zero-order chi connectivity index (χ0) is 31.6. The molecular weight excluding hydrogens is 542 g/mol. The predicted molar refractivity (Wildman–Crippen MR) is 158 cm³/mol. The van der Waals surface area contributed by atoms with E-state index in [1.54, 1.807) is 45.1 Å². The third-order valence-corrected chi connectivity index (χ3v) is 7.22. The highest BCUT2D eigenvalue weighted by atomic mass is 16.6. The number of aliphatic hydroxyl groups excluding tert-OH is 1. The second kappa shape index (κ2) is 16.0. The first-order chi connectivity index (χ1) is 19.8. The van der Waals surface area contributed by atoms with Crippen molar-refractivity contribution in [3.05, 3.63) is 71.1 Å². The summed E-state index contributed by atoms with van der Waals surface area (Å²) in [5.41, 5.74) is 6.42. The molecule has 11 heteroatoms. The summed E-state index contributed by atoms with van der Waals surface area (Å²) in [6, 6.07) is 0. The van der Waals surface area contributed by atoms with Gasteiger partial charge in [-0.15, -0.1) is 6.58 Å². The Labute approximate surface area is 247 Å². The van der Waals surface area contributed by atoms with Gasteiger partial charge < -0.3 is 35.7 Å². The molecule has 230 valence electrons. The molecule has 2 aliphatic rings. The van der Waals surface area contributed by atoms with Crippen LogP contribution in [0.2, 0.25) is 0 Å². The van der Waals surface area contributed by atoms with Gasteiger partial charge in [-0.1, -0.05) is 44.2 Å². The second-order valence-electron chi connectivity index (χ2n) is 10.6. The van der Waals surface area contributed by atoms with Crippen molar-refractivity contribution >= 4 is 23.6 Å². The Bertz CT molecular complexity index is 1210. The summed E-state index contributed by atoms with van der Waals surface area (Å²) in [4.78, 5) is 51.3. The molecule has 2 amide bonds. The number of allylic oxidation sites excluding steroid dienone is 4. The smallest absolute Gasteiger partial charge is 0.405 e. The van der Waals surface area contributed by atoms with Gasteiger partial charge in [0.05, 0.1) is 23.6 Å². The molecular formula is C31H43N3O8. The lowest BCUT2D eigenvalue weighted by Gasteiger charge is -2.30. The number of carbonyl (C=O) groups excluding carboxylic acids is 4. The summed E-state index contributed by atoms with van der Waals surface area (Å²) in [6.07, 6.45) is 5.34. The van der Waals surface area contributed by atoms with E-state index in [-0.39, 0.29) is 41.4 Å². The number of Topliss-reactive ketones (excluding diaryl/α,β-unsaturated/α-hetero) is 1. The number of rotatable bonds is 6. The van der Waals surface area contributed by atoms with Crippen LogP contribution in [0.1, 0.15) is 40.5 Å². The minimum absolute atomic E-state index is 0.132. The van der Waals surface area contributed by atoms with Crippen molar-refractivity contribution in [2.24, 2.45) is 17.6 Å². The Morgan fingerprint density at radius 2 is 1.90 bits per heavy atom. The van der Waals surface area contributed by atoms with Crippen LogP contribution >= 0.6 is 0 Å². The summed E-state index contributed by atoms with van der Waals surface area (Å²) in [7, 11) is 2.92. The van der Waals surface area contributed by atoms with Crippen molar-refractivity contribution in [3.63, 3.8) is 0 Å². The molecule has 5 N–H and O–H groups in total. The van der Waals surface area contributed by atoms with Crippen molar-refractivity contribution in [1.29, 1.82) is 0 Å². The molecule has 42 heavy (non-hydrogen) atoms. The lowest BCUT2D eigenvalue weighted by atomic mass is 9.85. The van der Waals surface area contributed by atoms with Crippen LogP contribution in [-0.4, -0.2) is 73.9 Å². The average Bonchev–Trinajstić information content (AvgIpc) is 2.94. The maximum absolute atomic E-state index is 13.5. The van der Waals surface area contributed by atoms with Crippen molar-refractivity contribution in [3.8, 4) is 0 Å². The van der Waals surface area contributed by atoms with E-state index in [0.29, 0.717) is 12.0 Å². The summed E-state index contributed by atoms with van der Waals surface area (Å²) in [5.74, 6) is -2.14. The van der Waals surface area contributed by atoms with Gasteiger partial charge in [0.2, 0.25) is 11.6 Å². The first-order valence-corrected chi connectivity index (χ1v) is 13.8. The quantitative estimate of drug-likeness (QED) is 0.271. The van der Waals surface area contributed by atoms with E-state index in [4.69, 9.17) is 19.9 Å². The van der Waals surface area contributed by atoms with E-state index in [0.717, 1.165) is 6.08 Å². The van der Waals surface area contributed by atoms with E-state index in [9.17, 15) is 24.3 Å². The minimum Gasteiger partial charge on any atom is -0.439 e. The molecule has 0 aromatic rings. The molecule has 0 unspecified atom stereocenters. The van der Waals surface area contributed by atoms with Gasteiger partial charge in [0.25, 0.3) is 5.91 Å². The molecule has 6 atom stereocenters. The number of nitrogens with two attached hydrogens (primary N) is 1. The standard InChI is InChI=1S/C31H43N3O8/c1-8-12-33-26-21-13-17(2)14-25(41-7)27(36)19(4)15-20(5)29(42-31(32)39)24(40-6)11-9-10-18(3)30(38)34-22(28(21)37)16-23(26)35/h8-11,15-17,19,24-25,27,29,33,36H,1,12-14H2,2-7H3,(H2,32,39)(H,34,38)/b11-9+,18-10-,20-15+/t17-,19-,24-,25-,27+,29+/m1/s1. The number of ketones is 2. The predicted octanol–water partition coefficient (Wildman–Crippen LogP) is 2.54. The van der Waals surface area contributed by atoms with Crippen LogP contribution in [0.25, 0.3) is 0 Å². The van der Waals surface area contributed by atoms with Crippen molar-refractivity contribution in [2.75, 3.05) is 20.8 Å². The van der Waals surface area contributed by atoms with Gasteiger partial charge in [-0.25, -0.2) is 4.79 Å². The van der Waals surface area contributed by atoms with E-state index < -0.39 is 53.9 Å². The molecule has 2 rings (SSSR count). The maximum atomic E-state index is 13.5. The maximum Gasteiger partial charge on any atom is 0.405 e. The van der Waals surface area contributed by atoms with E-state index in [1.807, 2.05) is 6.92 Å². The lowest BCUT2D eigenvalue weighted by molar-refractivity contribution is -0.120. The molecule has 0 radical (unpaired) electrons. The number of methoxy groups -OCH3 is 2. The van der Waals surface area contributed by atoms with Crippen molar-refractivity contribution < 1.29 is 38.5 Å². The van der Waals surface area contributed by atoms with E-state index >= 15 is 0 Å². The van der Waals surface area contributed by atoms with Gasteiger partial charge in [0.1, 0.15) is 6.10 Å². The highest BCUT2D eigenvalue weighted by Crippen LogP contribution is 2.28. The van der Waals surface area contributed by atoms with Gasteiger partial charge in [-0.3, -0.25) is 14.4 Å². The van der Waals surface area contributed by atoms with Gasteiger partial charge in [0, 0.05) is 43.9 Å². The fraction of sp³-hybridized carbons (Fsp3) is 0.484. The van der Waals surface area contributed by atoms with E-state index in [1.165, 1.54) is 20.3 Å². The van der Waals surface area contributed by atoms with Crippen LogP contribution in [0, 0.1) is 11.8 Å².